The maximum absolute atomic E-state index is 12.1. The summed E-state index contributed by atoms with van der Waals surface area (Å²) in [5, 5.41) is 7.92. The lowest BCUT2D eigenvalue weighted by Gasteiger charge is -2.34. The fourth-order valence-electron chi connectivity index (χ4n) is 3.50. The van der Waals surface area contributed by atoms with E-state index in [4.69, 9.17) is 9.73 Å². The van der Waals surface area contributed by atoms with Crippen molar-refractivity contribution < 1.29 is 9.53 Å². The minimum Gasteiger partial charge on any atom is -0.466 e. The molecule has 2 heterocycles. The summed E-state index contributed by atoms with van der Waals surface area (Å²) in [5.74, 6) is 1.12. The Morgan fingerprint density at radius 2 is 2.18 bits per heavy atom. The normalized spacial score (nSPS) is 18.4. The second-order valence-corrected chi connectivity index (χ2v) is 7.45. The Morgan fingerprint density at radius 1 is 1.43 bits per heavy atom. The SMILES string of the molecule is CCNC(=NCC(C)Cn1nc(C)cc1C)N1CCC[C@H](C(=O)OCC)C1.I. The monoisotopic (exact) mass is 505 g/mol. The van der Waals surface area contributed by atoms with Crippen LogP contribution in [0, 0.1) is 25.7 Å². The van der Waals surface area contributed by atoms with Gasteiger partial charge in [-0.2, -0.15) is 5.10 Å². The third-order valence-electron chi connectivity index (χ3n) is 4.82. The van der Waals surface area contributed by atoms with Crippen LogP contribution in [0.3, 0.4) is 0 Å². The van der Waals surface area contributed by atoms with Crippen molar-refractivity contribution >= 4 is 35.9 Å². The molecule has 0 saturated carbocycles. The molecule has 1 aliphatic rings. The van der Waals surface area contributed by atoms with E-state index in [1.807, 2.05) is 13.8 Å². The van der Waals surface area contributed by atoms with Gasteiger partial charge in [0, 0.05) is 38.4 Å². The van der Waals surface area contributed by atoms with Crippen molar-refractivity contribution in [2.75, 3.05) is 32.8 Å². The van der Waals surface area contributed by atoms with Crippen molar-refractivity contribution in [2.24, 2.45) is 16.8 Å². The zero-order valence-electron chi connectivity index (χ0n) is 17.9. The average Bonchev–Trinajstić information content (AvgIpc) is 2.96. The fraction of sp³-hybridized carbons (Fsp3) is 0.750. The quantitative estimate of drug-likeness (QED) is 0.267. The van der Waals surface area contributed by atoms with E-state index in [-0.39, 0.29) is 35.9 Å². The smallest absolute Gasteiger partial charge is 0.310 e. The first-order chi connectivity index (χ1) is 12.9. The van der Waals surface area contributed by atoms with Crippen LogP contribution in [0.5, 0.6) is 0 Å². The van der Waals surface area contributed by atoms with Crippen molar-refractivity contribution in [3.05, 3.63) is 17.5 Å². The number of guanidine groups is 1. The second-order valence-electron chi connectivity index (χ2n) is 7.45. The number of carbonyl (C=O) groups is 1. The Morgan fingerprint density at radius 3 is 2.79 bits per heavy atom. The number of nitrogens with zero attached hydrogens (tertiary/aromatic N) is 4. The Bertz CT molecular complexity index is 647. The molecule has 8 heteroatoms. The molecule has 1 aromatic rings. The van der Waals surface area contributed by atoms with E-state index < -0.39 is 0 Å². The Hall–Kier alpha value is -1.32. The molecule has 2 atom stereocenters. The molecule has 0 aliphatic carbocycles. The van der Waals surface area contributed by atoms with Gasteiger partial charge in [0.15, 0.2) is 5.96 Å². The molecule has 1 aliphatic heterocycles. The van der Waals surface area contributed by atoms with Gasteiger partial charge >= 0.3 is 5.97 Å². The topological polar surface area (TPSA) is 71.8 Å². The number of piperidine rings is 1. The largest absolute Gasteiger partial charge is 0.466 e. The predicted octanol–water partition coefficient (Wildman–Crippen LogP) is 2.99. The first kappa shape index (κ1) is 24.7. The number of carbonyl (C=O) groups excluding carboxylic acids is 1. The van der Waals surface area contributed by atoms with Crippen molar-refractivity contribution in [1.29, 1.82) is 0 Å². The molecule has 1 fully saturated rings. The van der Waals surface area contributed by atoms with Crippen molar-refractivity contribution in [1.82, 2.24) is 20.0 Å². The van der Waals surface area contributed by atoms with Crippen molar-refractivity contribution in [2.45, 2.75) is 54.0 Å². The molecule has 1 N–H and O–H groups in total. The van der Waals surface area contributed by atoms with Gasteiger partial charge in [-0.1, -0.05) is 6.92 Å². The Labute approximate surface area is 186 Å². The molecule has 28 heavy (non-hydrogen) atoms. The lowest BCUT2D eigenvalue weighted by Crippen LogP contribution is -2.48. The number of aromatic nitrogens is 2. The highest BCUT2D eigenvalue weighted by molar-refractivity contribution is 14.0. The molecule has 1 saturated heterocycles. The highest BCUT2D eigenvalue weighted by atomic mass is 127. The molecular weight excluding hydrogens is 469 g/mol. The first-order valence-corrected chi connectivity index (χ1v) is 10.2. The number of halogens is 1. The van der Waals surface area contributed by atoms with E-state index in [0.717, 1.165) is 50.7 Å². The number of aryl methyl sites for hydroxylation is 2. The number of hydrogen-bond donors (Lipinski definition) is 1. The maximum atomic E-state index is 12.1. The minimum absolute atomic E-state index is 0. The summed E-state index contributed by atoms with van der Waals surface area (Å²) in [6.45, 7) is 14.7. The number of hydrogen-bond acceptors (Lipinski definition) is 4. The van der Waals surface area contributed by atoms with Crippen LogP contribution in [0.15, 0.2) is 11.1 Å². The van der Waals surface area contributed by atoms with Gasteiger partial charge in [0.2, 0.25) is 0 Å². The number of esters is 1. The third kappa shape index (κ3) is 7.25. The zero-order valence-corrected chi connectivity index (χ0v) is 20.2. The van der Waals surface area contributed by atoms with E-state index >= 15 is 0 Å². The van der Waals surface area contributed by atoms with Crippen LogP contribution in [0.1, 0.15) is 45.0 Å². The van der Waals surface area contributed by atoms with Gasteiger partial charge in [-0.3, -0.25) is 14.5 Å². The summed E-state index contributed by atoms with van der Waals surface area (Å²) in [5.41, 5.74) is 2.23. The Balaban J connectivity index is 0.00000392. The van der Waals surface area contributed by atoms with E-state index in [1.165, 1.54) is 5.69 Å². The molecule has 0 amide bonds. The lowest BCUT2D eigenvalue weighted by molar-refractivity contribution is -0.149. The first-order valence-electron chi connectivity index (χ1n) is 10.2. The summed E-state index contributed by atoms with van der Waals surface area (Å²) in [4.78, 5) is 19.2. The molecule has 7 nitrogen and oxygen atoms in total. The molecular formula is C20H36IN5O2. The highest BCUT2D eigenvalue weighted by Gasteiger charge is 2.28. The molecule has 160 valence electrons. The second kappa shape index (κ2) is 12.3. The summed E-state index contributed by atoms with van der Waals surface area (Å²) in [7, 11) is 0. The van der Waals surface area contributed by atoms with E-state index in [9.17, 15) is 4.79 Å². The van der Waals surface area contributed by atoms with Crippen LogP contribution < -0.4 is 5.32 Å². The average molecular weight is 505 g/mol. The third-order valence-corrected chi connectivity index (χ3v) is 4.82. The molecule has 0 radical (unpaired) electrons. The van der Waals surface area contributed by atoms with E-state index in [2.05, 4.69) is 46.8 Å². The van der Waals surface area contributed by atoms with Gasteiger partial charge < -0.3 is 15.0 Å². The van der Waals surface area contributed by atoms with Crippen LogP contribution in [-0.2, 0) is 16.1 Å². The molecule has 1 unspecified atom stereocenters. The van der Waals surface area contributed by atoms with Gasteiger partial charge in [0.1, 0.15) is 0 Å². The van der Waals surface area contributed by atoms with Gasteiger partial charge in [-0.05, 0) is 52.5 Å². The van der Waals surface area contributed by atoms with Crippen molar-refractivity contribution in [3.63, 3.8) is 0 Å². The predicted molar refractivity (Wildman–Crippen MR) is 123 cm³/mol. The van der Waals surface area contributed by atoms with Gasteiger partial charge in [0.05, 0.1) is 18.2 Å². The Kier molecular flexibility index (Phi) is 10.8. The van der Waals surface area contributed by atoms with Gasteiger partial charge in [-0.15, -0.1) is 24.0 Å². The van der Waals surface area contributed by atoms with Crippen molar-refractivity contribution in [3.8, 4) is 0 Å². The molecule has 0 aromatic carbocycles. The standard InChI is InChI=1S/C20H35N5O2.HI/c1-6-21-20(24-10-8-9-18(14-24)19(26)27-7-2)22-12-15(3)13-25-17(5)11-16(4)23-25;/h11,15,18H,6-10,12-14H2,1-5H3,(H,21,22);1H/t15?,18-;/m0./s1. The van der Waals surface area contributed by atoms with Gasteiger partial charge in [0.25, 0.3) is 0 Å². The van der Waals surface area contributed by atoms with Crippen LogP contribution in [0.25, 0.3) is 0 Å². The number of aliphatic imine (C=N–C) groups is 1. The van der Waals surface area contributed by atoms with Crippen LogP contribution in [0.4, 0.5) is 0 Å². The molecule has 2 rings (SSSR count). The van der Waals surface area contributed by atoms with Gasteiger partial charge in [-0.25, -0.2) is 0 Å². The summed E-state index contributed by atoms with van der Waals surface area (Å²) in [6, 6.07) is 2.10. The molecule has 0 spiro atoms. The molecule has 1 aromatic heterocycles. The zero-order chi connectivity index (χ0) is 19.8. The van der Waals surface area contributed by atoms with E-state index in [0.29, 0.717) is 19.1 Å². The molecule has 0 bridgehead atoms. The van der Waals surface area contributed by atoms with Crippen LogP contribution in [0.2, 0.25) is 0 Å². The number of likely N-dealkylation sites (tertiary alicyclic amines) is 1. The van der Waals surface area contributed by atoms with Crippen LogP contribution in [-0.4, -0.2) is 59.4 Å². The summed E-state index contributed by atoms with van der Waals surface area (Å²) in [6.07, 6.45) is 1.87. The number of rotatable bonds is 7. The summed E-state index contributed by atoms with van der Waals surface area (Å²) < 4.78 is 7.27. The number of ether oxygens (including phenoxy) is 1. The van der Waals surface area contributed by atoms with E-state index in [1.54, 1.807) is 0 Å². The summed E-state index contributed by atoms with van der Waals surface area (Å²) >= 11 is 0. The lowest BCUT2D eigenvalue weighted by atomic mass is 9.98. The number of nitrogens with one attached hydrogen (secondary N) is 1. The maximum Gasteiger partial charge on any atom is 0.310 e. The van der Waals surface area contributed by atoms with Crippen LogP contribution >= 0.6 is 24.0 Å². The highest BCUT2D eigenvalue weighted by Crippen LogP contribution is 2.18. The minimum atomic E-state index is -0.0871. The fourth-order valence-corrected chi connectivity index (χ4v) is 3.50.